The SMILES string of the molecule is CC(=O)OC[C@H]1O[C@@H](SC(=O)c2ccccc2)[C@H](OC(C)=O)[C@@H](OC(C)=O)[C@@H]1O[C@H]1O[C@H](COC(C)=O)[C@@H](OC(C)=O)[C@H](OC(C)=O)[C@H]1OC(C)=O. The van der Waals surface area contributed by atoms with Crippen LogP contribution in [-0.4, -0.2) is 121 Å². The van der Waals surface area contributed by atoms with Crippen LogP contribution in [0.3, 0.4) is 0 Å². The minimum atomic E-state index is -1.82. The molecule has 10 atom stereocenters. The maximum absolute atomic E-state index is 13.3. The molecule has 0 bridgehead atoms. The Bertz CT molecular complexity index is 1480. The van der Waals surface area contributed by atoms with Gasteiger partial charge in [-0.15, -0.1) is 0 Å². The van der Waals surface area contributed by atoms with E-state index in [1.54, 1.807) is 18.2 Å². The first-order valence-corrected chi connectivity index (χ1v) is 16.7. The van der Waals surface area contributed by atoms with Gasteiger partial charge in [0.05, 0.1) is 0 Å². The lowest BCUT2D eigenvalue weighted by molar-refractivity contribution is -0.341. The number of hydrogen-bond donors (Lipinski definition) is 0. The molecule has 286 valence electrons. The molecule has 2 saturated heterocycles. The minimum absolute atomic E-state index is 0.258. The molecule has 0 spiro atoms. The lowest BCUT2D eigenvalue weighted by Crippen LogP contribution is -2.66. The Balaban J connectivity index is 2.16. The van der Waals surface area contributed by atoms with Gasteiger partial charge in [-0.2, -0.15) is 0 Å². The van der Waals surface area contributed by atoms with Crippen molar-refractivity contribution in [1.82, 2.24) is 0 Å². The molecular formula is C33H40O18S. The number of rotatable bonds is 13. The van der Waals surface area contributed by atoms with E-state index in [0.29, 0.717) is 11.8 Å². The van der Waals surface area contributed by atoms with E-state index >= 15 is 0 Å². The highest BCUT2D eigenvalue weighted by atomic mass is 32.2. The van der Waals surface area contributed by atoms with E-state index in [2.05, 4.69) is 0 Å². The molecule has 2 aliphatic rings. The molecule has 19 heteroatoms. The summed E-state index contributed by atoms with van der Waals surface area (Å²) < 4.78 is 56.4. The number of carbonyl (C=O) groups is 8. The quantitative estimate of drug-likeness (QED) is 0.203. The summed E-state index contributed by atoms with van der Waals surface area (Å²) in [5, 5.41) is -0.519. The summed E-state index contributed by atoms with van der Waals surface area (Å²) in [5.74, 6) is -5.99. The minimum Gasteiger partial charge on any atom is -0.463 e. The number of benzene rings is 1. The van der Waals surface area contributed by atoms with Gasteiger partial charge in [0.2, 0.25) is 5.12 Å². The third kappa shape index (κ3) is 12.3. The maximum Gasteiger partial charge on any atom is 0.303 e. The smallest absolute Gasteiger partial charge is 0.303 e. The van der Waals surface area contributed by atoms with E-state index in [0.717, 1.165) is 48.5 Å². The zero-order valence-corrected chi connectivity index (χ0v) is 30.1. The van der Waals surface area contributed by atoms with E-state index in [1.165, 1.54) is 12.1 Å². The molecule has 2 fully saturated rings. The summed E-state index contributed by atoms with van der Waals surface area (Å²) in [6.45, 7) is 6.24. The molecule has 2 aliphatic heterocycles. The zero-order valence-electron chi connectivity index (χ0n) is 29.3. The van der Waals surface area contributed by atoms with Gasteiger partial charge >= 0.3 is 41.8 Å². The van der Waals surface area contributed by atoms with Crippen LogP contribution in [0.4, 0.5) is 0 Å². The van der Waals surface area contributed by atoms with Crippen LogP contribution in [0.25, 0.3) is 0 Å². The highest BCUT2D eigenvalue weighted by molar-refractivity contribution is 8.14. The lowest BCUT2D eigenvalue weighted by Gasteiger charge is -2.48. The van der Waals surface area contributed by atoms with Gasteiger partial charge in [-0.1, -0.05) is 30.3 Å². The molecular weight excluding hydrogens is 716 g/mol. The molecule has 3 rings (SSSR count). The van der Waals surface area contributed by atoms with Gasteiger partial charge in [-0.3, -0.25) is 38.4 Å². The van der Waals surface area contributed by atoms with Crippen molar-refractivity contribution in [2.75, 3.05) is 13.2 Å². The van der Waals surface area contributed by atoms with Gasteiger partial charge in [0.1, 0.15) is 31.5 Å². The van der Waals surface area contributed by atoms with Crippen LogP contribution in [0.2, 0.25) is 0 Å². The van der Waals surface area contributed by atoms with Gasteiger partial charge < -0.3 is 47.4 Å². The molecule has 0 unspecified atom stereocenters. The zero-order chi connectivity index (χ0) is 38.7. The van der Waals surface area contributed by atoms with Gasteiger partial charge in [-0.05, 0) is 11.8 Å². The third-order valence-corrected chi connectivity index (χ3v) is 8.18. The Hall–Kier alpha value is -4.59. The van der Waals surface area contributed by atoms with E-state index in [1.807, 2.05) is 0 Å². The average molecular weight is 757 g/mol. The van der Waals surface area contributed by atoms with Gasteiger partial charge in [0.25, 0.3) is 0 Å². The van der Waals surface area contributed by atoms with Crippen LogP contribution in [0.5, 0.6) is 0 Å². The molecule has 2 heterocycles. The average Bonchev–Trinajstić information content (AvgIpc) is 3.03. The fourth-order valence-corrected chi connectivity index (χ4v) is 6.34. The Morgan fingerprint density at radius 1 is 0.519 bits per heavy atom. The van der Waals surface area contributed by atoms with Crippen LogP contribution in [0.1, 0.15) is 58.8 Å². The fraction of sp³-hybridized carbons (Fsp3) is 0.576. The summed E-state index contributed by atoms with van der Waals surface area (Å²) in [6, 6.07) is 8.02. The monoisotopic (exact) mass is 756 g/mol. The van der Waals surface area contributed by atoms with Crippen molar-refractivity contribution < 1.29 is 85.7 Å². The molecule has 52 heavy (non-hydrogen) atoms. The van der Waals surface area contributed by atoms with Crippen LogP contribution in [0.15, 0.2) is 30.3 Å². The largest absolute Gasteiger partial charge is 0.463 e. The van der Waals surface area contributed by atoms with E-state index in [4.69, 9.17) is 47.4 Å². The second kappa shape index (κ2) is 19.3. The Morgan fingerprint density at radius 2 is 0.942 bits per heavy atom. The fourth-order valence-electron chi connectivity index (χ4n) is 5.31. The molecule has 0 radical (unpaired) electrons. The van der Waals surface area contributed by atoms with Crippen molar-refractivity contribution in [3.63, 3.8) is 0 Å². The highest BCUT2D eigenvalue weighted by Gasteiger charge is 2.57. The van der Waals surface area contributed by atoms with Gasteiger partial charge in [-0.25, -0.2) is 0 Å². The van der Waals surface area contributed by atoms with Crippen molar-refractivity contribution in [3.05, 3.63) is 35.9 Å². The standard InChI is InChI=1S/C33H40O18S/c1-15(34)42-13-23-25(44-17(3)36)27(45-18(4)37)29(47-20(6)39)32(49-23)51-26-24(14-43-16(2)35)50-33(52-31(41)22-11-9-8-10-12-22)30(48-21(7)40)28(26)46-19(5)38/h8-12,23-30,32-33H,13-14H2,1-7H3/t23-,24-,25-,26-,27+,28+,29-,30-,32-,33+/m1/s1. The molecule has 0 aliphatic carbocycles. The Labute approximate surface area is 302 Å². The van der Waals surface area contributed by atoms with E-state index in [-0.39, 0.29) is 5.56 Å². The van der Waals surface area contributed by atoms with Crippen molar-refractivity contribution >= 4 is 58.7 Å². The van der Waals surface area contributed by atoms with E-state index in [9.17, 15) is 38.4 Å². The van der Waals surface area contributed by atoms with Gasteiger partial charge in [0.15, 0.2) is 42.2 Å². The molecule has 1 aromatic carbocycles. The summed E-state index contributed by atoms with van der Waals surface area (Å²) >= 11 is 0.592. The predicted octanol–water partition coefficient (Wildman–Crippen LogP) is 1.18. The molecule has 1 aromatic rings. The Kier molecular flexibility index (Phi) is 15.5. The van der Waals surface area contributed by atoms with Gasteiger partial charge in [0, 0.05) is 54.0 Å². The van der Waals surface area contributed by atoms with Crippen molar-refractivity contribution in [3.8, 4) is 0 Å². The number of thioether (sulfide) groups is 1. The second-order valence-electron chi connectivity index (χ2n) is 11.4. The third-order valence-electron chi connectivity index (χ3n) is 7.12. The number of ether oxygens (including phenoxy) is 10. The number of hydrogen-bond acceptors (Lipinski definition) is 19. The first-order chi connectivity index (χ1) is 24.5. The number of esters is 7. The van der Waals surface area contributed by atoms with E-state index < -0.39 is 121 Å². The van der Waals surface area contributed by atoms with Crippen LogP contribution in [-0.2, 0) is 80.9 Å². The summed E-state index contributed by atoms with van der Waals surface area (Å²) in [5.41, 5.74) is -1.12. The van der Waals surface area contributed by atoms with Crippen molar-refractivity contribution in [1.29, 1.82) is 0 Å². The topological polar surface area (TPSA) is 229 Å². The lowest BCUT2D eigenvalue weighted by atomic mass is 9.96. The van der Waals surface area contributed by atoms with Crippen molar-refractivity contribution in [2.24, 2.45) is 0 Å². The normalized spacial score (nSPS) is 28.3. The number of carbonyl (C=O) groups excluding carboxylic acids is 8. The van der Waals surface area contributed by atoms with Crippen LogP contribution < -0.4 is 0 Å². The van der Waals surface area contributed by atoms with Crippen LogP contribution >= 0.6 is 11.8 Å². The molecule has 0 aromatic heterocycles. The predicted molar refractivity (Wildman–Crippen MR) is 172 cm³/mol. The Morgan fingerprint density at radius 3 is 1.42 bits per heavy atom. The molecule has 18 nitrogen and oxygen atoms in total. The first kappa shape index (κ1) is 41.8. The van der Waals surface area contributed by atoms with Crippen molar-refractivity contribution in [2.45, 2.75) is 109 Å². The molecule has 0 N–H and O–H groups in total. The molecule has 0 saturated carbocycles. The summed E-state index contributed by atoms with van der Waals surface area (Å²) in [6.07, 6.45) is -14.3. The highest BCUT2D eigenvalue weighted by Crippen LogP contribution is 2.38. The molecule has 0 amide bonds. The maximum atomic E-state index is 13.3. The summed E-state index contributed by atoms with van der Waals surface area (Å²) in [7, 11) is 0. The van der Waals surface area contributed by atoms with Crippen LogP contribution in [0, 0.1) is 0 Å². The summed E-state index contributed by atoms with van der Waals surface area (Å²) in [4.78, 5) is 98.9. The second-order valence-corrected chi connectivity index (χ2v) is 12.5. The first-order valence-electron chi connectivity index (χ1n) is 15.8.